The molecule has 3 nitrogen and oxygen atoms in total. The van der Waals surface area contributed by atoms with Crippen molar-refractivity contribution in [2.45, 2.75) is 32.8 Å². The highest BCUT2D eigenvalue weighted by Gasteiger charge is 2.08. The third kappa shape index (κ3) is 2.99. The summed E-state index contributed by atoms with van der Waals surface area (Å²) in [4.78, 5) is 4.56. The summed E-state index contributed by atoms with van der Waals surface area (Å²) in [5.41, 5.74) is 7.46. The topological polar surface area (TPSA) is 48.1 Å². The highest BCUT2D eigenvalue weighted by Crippen LogP contribution is 2.25. The Kier molecular flexibility index (Phi) is 4.15. The molecule has 3 heteroatoms. The maximum absolute atomic E-state index is 5.97. The molecule has 0 saturated carbocycles. The zero-order valence-electron chi connectivity index (χ0n) is 11.0. The lowest BCUT2D eigenvalue weighted by Gasteiger charge is -2.15. The third-order valence-corrected chi connectivity index (χ3v) is 2.97. The van der Waals surface area contributed by atoms with Crippen LogP contribution in [0, 0.1) is 6.92 Å². The first kappa shape index (κ1) is 12.8. The van der Waals surface area contributed by atoms with E-state index in [2.05, 4.69) is 24.0 Å². The van der Waals surface area contributed by atoms with Crippen LogP contribution < -0.4 is 10.5 Å². The Morgan fingerprint density at radius 2 is 2.11 bits per heavy atom. The van der Waals surface area contributed by atoms with Gasteiger partial charge in [-0.15, -0.1) is 0 Å². The van der Waals surface area contributed by atoms with Crippen LogP contribution in [0.3, 0.4) is 0 Å². The molecule has 0 aliphatic heterocycles. The van der Waals surface area contributed by atoms with Gasteiger partial charge in [0.15, 0.2) is 0 Å². The SMILES string of the molecule is Cc1ccc2cccc(OC(C)CCCN)c2n1. The zero-order chi connectivity index (χ0) is 13.0. The molecule has 0 radical (unpaired) electrons. The quantitative estimate of drug-likeness (QED) is 0.879. The first-order valence-electron chi connectivity index (χ1n) is 6.44. The molecular formula is C15H20N2O. The van der Waals surface area contributed by atoms with Crippen molar-refractivity contribution in [2.75, 3.05) is 6.54 Å². The first-order valence-corrected chi connectivity index (χ1v) is 6.44. The van der Waals surface area contributed by atoms with Gasteiger partial charge in [0, 0.05) is 11.1 Å². The van der Waals surface area contributed by atoms with Gasteiger partial charge in [0.05, 0.1) is 6.10 Å². The molecule has 1 aromatic heterocycles. The lowest BCUT2D eigenvalue weighted by molar-refractivity contribution is 0.211. The first-order chi connectivity index (χ1) is 8.70. The molecule has 0 aliphatic carbocycles. The van der Waals surface area contributed by atoms with Crippen LogP contribution in [-0.4, -0.2) is 17.6 Å². The summed E-state index contributed by atoms with van der Waals surface area (Å²) >= 11 is 0. The van der Waals surface area contributed by atoms with E-state index >= 15 is 0 Å². The number of nitrogens with zero attached hydrogens (tertiary/aromatic N) is 1. The molecule has 2 N–H and O–H groups in total. The van der Waals surface area contributed by atoms with Crippen LogP contribution in [0.15, 0.2) is 30.3 Å². The van der Waals surface area contributed by atoms with Gasteiger partial charge in [0.1, 0.15) is 11.3 Å². The van der Waals surface area contributed by atoms with Crippen LogP contribution in [0.2, 0.25) is 0 Å². The average molecular weight is 244 g/mol. The molecule has 1 unspecified atom stereocenters. The number of hydrogen-bond acceptors (Lipinski definition) is 3. The lowest BCUT2D eigenvalue weighted by atomic mass is 10.2. The summed E-state index contributed by atoms with van der Waals surface area (Å²) in [6.45, 7) is 4.78. The minimum Gasteiger partial charge on any atom is -0.488 e. The standard InChI is InChI=1S/C15H20N2O/c1-11-8-9-13-6-3-7-14(15(13)17-11)18-12(2)5-4-10-16/h3,6-9,12H,4-5,10,16H2,1-2H3. The van der Waals surface area contributed by atoms with Crippen molar-refractivity contribution in [3.63, 3.8) is 0 Å². The number of fused-ring (bicyclic) bond motifs is 1. The Labute approximate surface area is 108 Å². The fourth-order valence-corrected chi connectivity index (χ4v) is 1.99. The number of para-hydroxylation sites is 1. The van der Waals surface area contributed by atoms with Gasteiger partial charge in [0.25, 0.3) is 0 Å². The summed E-state index contributed by atoms with van der Waals surface area (Å²) in [7, 11) is 0. The van der Waals surface area contributed by atoms with Gasteiger partial charge in [-0.2, -0.15) is 0 Å². The Balaban J connectivity index is 2.24. The zero-order valence-corrected chi connectivity index (χ0v) is 11.0. The van der Waals surface area contributed by atoms with Crippen LogP contribution in [0.4, 0.5) is 0 Å². The monoisotopic (exact) mass is 244 g/mol. The molecule has 96 valence electrons. The Hall–Kier alpha value is -1.61. The Morgan fingerprint density at radius 3 is 2.89 bits per heavy atom. The fourth-order valence-electron chi connectivity index (χ4n) is 1.99. The van der Waals surface area contributed by atoms with E-state index < -0.39 is 0 Å². The van der Waals surface area contributed by atoms with Gasteiger partial charge in [-0.25, -0.2) is 4.98 Å². The van der Waals surface area contributed by atoms with E-state index in [0.717, 1.165) is 35.2 Å². The molecular weight excluding hydrogens is 224 g/mol. The van der Waals surface area contributed by atoms with E-state index in [1.165, 1.54) is 0 Å². The van der Waals surface area contributed by atoms with E-state index in [-0.39, 0.29) is 6.10 Å². The van der Waals surface area contributed by atoms with Crippen LogP contribution in [0.1, 0.15) is 25.5 Å². The number of ether oxygens (including phenoxy) is 1. The van der Waals surface area contributed by atoms with Gasteiger partial charge >= 0.3 is 0 Å². The average Bonchev–Trinajstić information content (AvgIpc) is 2.37. The van der Waals surface area contributed by atoms with Gasteiger partial charge < -0.3 is 10.5 Å². The molecule has 0 fully saturated rings. The van der Waals surface area contributed by atoms with Crippen molar-refractivity contribution >= 4 is 10.9 Å². The fraction of sp³-hybridized carbons (Fsp3) is 0.400. The Morgan fingerprint density at radius 1 is 1.28 bits per heavy atom. The highest BCUT2D eigenvalue weighted by atomic mass is 16.5. The van der Waals surface area contributed by atoms with E-state index in [9.17, 15) is 0 Å². The summed E-state index contributed by atoms with van der Waals surface area (Å²) in [6.07, 6.45) is 2.12. The number of aryl methyl sites for hydroxylation is 1. The number of pyridine rings is 1. The van der Waals surface area contributed by atoms with Gasteiger partial charge in [0.2, 0.25) is 0 Å². The molecule has 18 heavy (non-hydrogen) atoms. The van der Waals surface area contributed by atoms with Crippen molar-refractivity contribution in [3.8, 4) is 5.75 Å². The highest BCUT2D eigenvalue weighted by molar-refractivity contribution is 5.84. The normalized spacial score (nSPS) is 12.6. The lowest BCUT2D eigenvalue weighted by Crippen LogP contribution is -2.14. The second-order valence-corrected chi connectivity index (χ2v) is 4.64. The maximum atomic E-state index is 5.97. The van der Waals surface area contributed by atoms with E-state index in [1.807, 2.05) is 25.1 Å². The van der Waals surface area contributed by atoms with Crippen molar-refractivity contribution in [2.24, 2.45) is 5.73 Å². The van der Waals surface area contributed by atoms with E-state index in [4.69, 9.17) is 10.5 Å². The number of hydrogen-bond donors (Lipinski definition) is 1. The summed E-state index contributed by atoms with van der Waals surface area (Å²) in [5, 5.41) is 1.11. The number of nitrogens with two attached hydrogens (primary N) is 1. The molecule has 1 aromatic carbocycles. The number of rotatable bonds is 5. The van der Waals surface area contributed by atoms with Crippen LogP contribution in [-0.2, 0) is 0 Å². The van der Waals surface area contributed by atoms with Crippen LogP contribution in [0.25, 0.3) is 10.9 Å². The second-order valence-electron chi connectivity index (χ2n) is 4.64. The largest absolute Gasteiger partial charge is 0.488 e. The van der Waals surface area contributed by atoms with E-state index in [1.54, 1.807) is 0 Å². The smallest absolute Gasteiger partial charge is 0.145 e. The molecule has 0 aliphatic rings. The Bertz CT molecular complexity index is 525. The molecule has 2 aromatic rings. The van der Waals surface area contributed by atoms with Gasteiger partial charge in [-0.05, 0) is 45.4 Å². The van der Waals surface area contributed by atoms with Gasteiger partial charge in [-0.1, -0.05) is 18.2 Å². The van der Waals surface area contributed by atoms with Crippen molar-refractivity contribution in [1.29, 1.82) is 0 Å². The molecule has 1 atom stereocenters. The molecule has 2 rings (SSSR count). The summed E-state index contributed by atoms with van der Waals surface area (Å²) in [5.74, 6) is 0.862. The van der Waals surface area contributed by atoms with Crippen molar-refractivity contribution in [3.05, 3.63) is 36.0 Å². The van der Waals surface area contributed by atoms with Crippen molar-refractivity contribution < 1.29 is 4.74 Å². The third-order valence-electron chi connectivity index (χ3n) is 2.97. The minimum absolute atomic E-state index is 0.168. The number of benzene rings is 1. The molecule has 0 saturated heterocycles. The predicted molar refractivity (Wildman–Crippen MR) is 74.9 cm³/mol. The van der Waals surface area contributed by atoms with Gasteiger partial charge in [-0.3, -0.25) is 0 Å². The minimum atomic E-state index is 0.168. The summed E-state index contributed by atoms with van der Waals surface area (Å²) in [6, 6.07) is 10.1. The molecule has 0 bridgehead atoms. The maximum Gasteiger partial charge on any atom is 0.145 e. The van der Waals surface area contributed by atoms with Crippen molar-refractivity contribution in [1.82, 2.24) is 4.98 Å². The van der Waals surface area contributed by atoms with Crippen LogP contribution in [0.5, 0.6) is 5.75 Å². The molecule has 0 amide bonds. The second kappa shape index (κ2) is 5.83. The predicted octanol–water partition coefficient (Wildman–Crippen LogP) is 3.05. The number of aromatic nitrogens is 1. The molecule has 1 heterocycles. The van der Waals surface area contributed by atoms with E-state index in [0.29, 0.717) is 6.54 Å². The summed E-state index contributed by atoms with van der Waals surface area (Å²) < 4.78 is 5.97. The van der Waals surface area contributed by atoms with Crippen LogP contribution >= 0.6 is 0 Å². The molecule has 0 spiro atoms.